The number of hydrogen-bond acceptors (Lipinski definition) is 9. The first kappa shape index (κ1) is 11.6. The van der Waals surface area contributed by atoms with Crippen LogP contribution < -0.4 is 5.32 Å². The zero-order valence-corrected chi connectivity index (χ0v) is 10.6. The van der Waals surface area contributed by atoms with Crippen molar-refractivity contribution in [3.8, 4) is 5.95 Å². The summed E-state index contributed by atoms with van der Waals surface area (Å²) in [6.07, 6.45) is 5.96. The molecule has 0 aliphatic carbocycles. The van der Waals surface area contributed by atoms with Crippen molar-refractivity contribution in [3.63, 3.8) is 0 Å². The van der Waals surface area contributed by atoms with Crippen LogP contribution in [0.1, 0.15) is 0 Å². The van der Waals surface area contributed by atoms with E-state index < -0.39 is 0 Å². The van der Waals surface area contributed by atoms with Gasteiger partial charge in [-0.3, -0.25) is 0 Å². The lowest BCUT2D eigenvalue weighted by Crippen LogP contribution is -2.07. The van der Waals surface area contributed by atoms with Crippen molar-refractivity contribution in [1.29, 1.82) is 0 Å². The monoisotopic (exact) mass is 276 g/mol. The molecule has 0 amide bonds. The van der Waals surface area contributed by atoms with Gasteiger partial charge in [0.15, 0.2) is 0 Å². The molecule has 0 atom stereocenters. The Kier molecular flexibility index (Phi) is 3.06. The summed E-state index contributed by atoms with van der Waals surface area (Å²) in [5.74, 6) is 0.792. The fourth-order valence-corrected chi connectivity index (χ4v) is 1.89. The standard InChI is InChI=1S/C9H8N8OS/c1-10-6-14-7(17-5-11-4-13-17)16-8(15-6)19-9-12-2-3-18-9/h2-5H,1H3,(H,10,14,15,16). The average Bonchev–Trinajstić information content (AvgIpc) is 3.11. The summed E-state index contributed by atoms with van der Waals surface area (Å²) in [5, 5.41) is 7.75. The Hall–Kier alpha value is -2.49. The van der Waals surface area contributed by atoms with E-state index >= 15 is 0 Å². The number of anilines is 1. The van der Waals surface area contributed by atoms with Crippen molar-refractivity contribution in [3.05, 3.63) is 25.1 Å². The Labute approximate surface area is 111 Å². The molecule has 96 valence electrons. The molecule has 0 aliphatic rings. The average molecular weight is 276 g/mol. The van der Waals surface area contributed by atoms with Crippen LogP contribution in [0.25, 0.3) is 5.95 Å². The van der Waals surface area contributed by atoms with E-state index in [0.717, 1.165) is 0 Å². The quantitative estimate of drug-likeness (QED) is 0.734. The van der Waals surface area contributed by atoms with Crippen molar-refractivity contribution >= 4 is 17.7 Å². The second-order valence-corrected chi connectivity index (χ2v) is 4.15. The van der Waals surface area contributed by atoms with Crippen LogP contribution in [0.15, 0.2) is 39.9 Å². The first-order valence-electron chi connectivity index (χ1n) is 5.21. The first-order valence-corrected chi connectivity index (χ1v) is 6.03. The molecule has 0 fully saturated rings. The molecule has 0 radical (unpaired) electrons. The first-order chi connectivity index (χ1) is 9.35. The molecule has 0 spiro atoms. The second kappa shape index (κ2) is 5.02. The lowest BCUT2D eigenvalue weighted by Gasteiger charge is -2.04. The molecule has 0 aromatic carbocycles. The maximum Gasteiger partial charge on any atom is 0.263 e. The van der Waals surface area contributed by atoms with Gasteiger partial charge in [0.25, 0.3) is 11.2 Å². The molecule has 3 heterocycles. The van der Waals surface area contributed by atoms with Crippen LogP contribution in [-0.4, -0.2) is 41.7 Å². The molecular weight excluding hydrogens is 268 g/mol. The summed E-state index contributed by atoms with van der Waals surface area (Å²) >= 11 is 1.19. The fraction of sp³-hybridized carbons (Fsp3) is 0.111. The van der Waals surface area contributed by atoms with Gasteiger partial charge in [-0.15, -0.1) is 0 Å². The molecule has 9 nitrogen and oxygen atoms in total. The summed E-state index contributed by atoms with van der Waals surface area (Å²) in [4.78, 5) is 20.5. The number of aromatic nitrogens is 7. The van der Waals surface area contributed by atoms with E-state index in [2.05, 4.69) is 35.3 Å². The van der Waals surface area contributed by atoms with Crippen LogP contribution in [0.2, 0.25) is 0 Å². The molecule has 0 bridgehead atoms. The Morgan fingerprint density at radius 3 is 2.95 bits per heavy atom. The maximum atomic E-state index is 5.14. The van der Waals surface area contributed by atoms with Gasteiger partial charge in [-0.2, -0.15) is 24.7 Å². The van der Waals surface area contributed by atoms with Crippen molar-refractivity contribution in [1.82, 2.24) is 34.7 Å². The number of nitrogens with one attached hydrogen (secondary N) is 1. The van der Waals surface area contributed by atoms with Gasteiger partial charge in [-0.05, 0) is 0 Å². The van der Waals surface area contributed by atoms with Crippen LogP contribution in [-0.2, 0) is 0 Å². The predicted molar refractivity (Wildman–Crippen MR) is 64.9 cm³/mol. The maximum absolute atomic E-state index is 5.14. The van der Waals surface area contributed by atoms with E-state index in [1.54, 1.807) is 13.2 Å². The van der Waals surface area contributed by atoms with E-state index in [1.165, 1.54) is 35.4 Å². The van der Waals surface area contributed by atoms with Crippen molar-refractivity contribution in [2.75, 3.05) is 12.4 Å². The lowest BCUT2D eigenvalue weighted by molar-refractivity contribution is 0.453. The molecule has 3 aromatic rings. The zero-order chi connectivity index (χ0) is 13.1. The highest BCUT2D eigenvalue weighted by atomic mass is 32.2. The van der Waals surface area contributed by atoms with Crippen molar-refractivity contribution in [2.45, 2.75) is 10.4 Å². The van der Waals surface area contributed by atoms with Crippen LogP contribution in [0, 0.1) is 0 Å². The molecule has 3 rings (SSSR count). The third kappa shape index (κ3) is 2.52. The third-order valence-corrected chi connectivity index (χ3v) is 2.78. The largest absolute Gasteiger partial charge is 0.440 e. The predicted octanol–water partition coefficient (Wildman–Crippen LogP) is 0.633. The van der Waals surface area contributed by atoms with Crippen LogP contribution in [0.3, 0.4) is 0 Å². The van der Waals surface area contributed by atoms with E-state index in [4.69, 9.17) is 4.42 Å². The van der Waals surface area contributed by atoms with Crippen LogP contribution in [0.5, 0.6) is 0 Å². The highest BCUT2D eigenvalue weighted by Gasteiger charge is 2.11. The topological polar surface area (TPSA) is 107 Å². The van der Waals surface area contributed by atoms with Gasteiger partial charge in [-0.25, -0.2) is 9.97 Å². The minimum atomic E-state index is 0.367. The Bertz CT molecular complexity index is 653. The van der Waals surface area contributed by atoms with Gasteiger partial charge in [0, 0.05) is 18.8 Å². The van der Waals surface area contributed by atoms with Gasteiger partial charge in [0.1, 0.15) is 18.9 Å². The SMILES string of the molecule is CNc1nc(Sc2ncco2)nc(-n2cncn2)n1. The van der Waals surface area contributed by atoms with Gasteiger partial charge in [0.05, 0.1) is 6.20 Å². The number of oxazole rings is 1. The lowest BCUT2D eigenvalue weighted by atomic mass is 10.8. The minimum Gasteiger partial charge on any atom is -0.440 e. The van der Waals surface area contributed by atoms with Gasteiger partial charge in [-0.1, -0.05) is 0 Å². The molecule has 1 N–H and O–H groups in total. The third-order valence-electron chi connectivity index (χ3n) is 2.04. The van der Waals surface area contributed by atoms with E-state index in [9.17, 15) is 0 Å². The Balaban J connectivity index is 1.98. The molecule has 0 saturated heterocycles. The molecule has 0 unspecified atom stereocenters. The van der Waals surface area contributed by atoms with Gasteiger partial charge < -0.3 is 9.73 Å². The number of nitrogens with zero attached hydrogens (tertiary/aromatic N) is 7. The van der Waals surface area contributed by atoms with Crippen LogP contribution in [0.4, 0.5) is 5.95 Å². The molecule has 10 heteroatoms. The van der Waals surface area contributed by atoms with E-state index in [0.29, 0.717) is 22.3 Å². The van der Waals surface area contributed by atoms with Crippen molar-refractivity contribution in [2.24, 2.45) is 0 Å². The number of rotatable bonds is 4. The normalized spacial score (nSPS) is 10.6. The second-order valence-electron chi connectivity index (χ2n) is 3.23. The highest BCUT2D eigenvalue weighted by Crippen LogP contribution is 2.23. The summed E-state index contributed by atoms with van der Waals surface area (Å²) < 4.78 is 6.58. The van der Waals surface area contributed by atoms with E-state index in [1.807, 2.05) is 0 Å². The van der Waals surface area contributed by atoms with Crippen molar-refractivity contribution < 1.29 is 4.42 Å². The highest BCUT2D eigenvalue weighted by molar-refractivity contribution is 7.98. The minimum absolute atomic E-state index is 0.367. The summed E-state index contributed by atoms with van der Waals surface area (Å²) in [6.45, 7) is 0. The van der Waals surface area contributed by atoms with Gasteiger partial charge in [0.2, 0.25) is 11.1 Å². The Morgan fingerprint density at radius 1 is 1.32 bits per heavy atom. The molecule has 0 aliphatic heterocycles. The number of hydrogen-bond donors (Lipinski definition) is 1. The molecular formula is C9H8N8OS. The molecule has 19 heavy (non-hydrogen) atoms. The molecule has 0 saturated carbocycles. The van der Waals surface area contributed by atoms with Gasteiger partial charge >= 0.3 is 0 Å². The summed E-state index contributed by atoms with van der Waals surface area (Å²) in [5.41, 5.74) is 0. The zero-order valence-electron chi connectivity index (χ0n) is 9.76. The summed E-state index contributed by atoms with van der Waals surface area (Å²) in [6, 6.07) is 0. The summed E-state index contributed by atoms with van der Waals surface area (Å²) in [7, 11) is 1.72. The smallest absolute Gasteiger partial charge is 0.263 e. The van der Waals surface area contributed by atoms with E-state index in [-0.39, 0.29) is 0 Å². The molecule has 3 aromatic heterocycles. The van der Waals surface area contributed by atoms with Crippen LogP contribution >= 0.6 is 11.8 Å². The fourth-order valence-electron chi connectivity index (χ4n) is 1.26. The Morgan fingerprint density at radius 2 is 2.26 bits per heavy atom.